The largest absolute Gasteiger partial charge is 0.352 e. The minimum Gasteiger partial charge on any atom is -0.352 e. The summed E-state index contributed by atoms with van der Waals surface area (Å²) in [5.41, 5.74) is 1.09. The maximum Gasteiger partial charge on any atom is 0.244 e. The molecule has 0 spiro atoms. The number of carbonyl (C=O) groups is 2. The highest BCUT2D eigenvalue weighted by molar-refractivity contribution is 9.10. The summed E-state index contributed by atoms with van der Waals surface area (Å²) in [6.45, 7) is 1.34. The third-order valence-corrected chi connectivity index (χ3v) is 7.94. The van der Waals surface area contributed by atoms with E-state index in [1.165, 1.54) is 4.90 Å². The summed E-state index contributed by atoms with van der Waals surface area (Å²) in [6.07, 6.45) is 5.03. The van der Waals surface area contributed by atoms with Gasteiger partial charge in [0.1, 0.15) is 12.6 Å². The van der Waals surface area contributed by atoms with Gasteiger partial charge < -0.3 is 10.2 Å². The third-order valence-electron chi connectivity index (χ3n) is 5.91. The van der Waals surface area contributed by atoms with Crippen molar-refractivity contribution in [2.24, 2.45) is 0 Å². The number of carbonyl (C=O) groups excluding carboxylic acids is 2. The van der Waals surface area contributed by atoms with Crippen LogP contribution in [0.2, 0.25) is 5.02 Å². The fourth-order valence-electron chi connectivity index (χ4n) is 4.06. The van der Waals surface area contributed by atoms with E-state index in [1.54, 1.807) is 49.4 Å². The van der Waals surface area contributed by atoms with Crippen LogP contribution in [0.4, 0.5) is 5.69 Å². The molecule has 0 aromatic heterocycles. The number of anilines is 1. The van der Waals surface area contributed by atoms with E-state index in [2.05, 4.69) is 21.2 Å². The predicted octanol–water partition coefficient (Wildman–Crippen LogP) is 4.34. The summed E-state index contributed by atoms with van der Waals surface area (Å²) < 4.78 is 26.8. The number of benzene rings is 2. The lowest BCUT2D eigenvalue weighted by Gasteiger charge is -2.32. The normalized spacial score (nSPS) is 15.1. The molecule has 10 heteroatoms. The molecule has 1 aliphatic rings. The van der Waals surface area contributed by atoms with Crippen LogP contribution < -0.4 is 9.62 Å². The molecule has 1 saturated carbocycles. The summed E-state index contributed by atoms with van der Waals surface area (Å²) in [7, 11) is -3.78. The Labute approximate surface area is 214 Å². The van der Waals surface area contributed by atoms with Crippen LogP contribution >= 0.6 is 27.5 Å². The monoisotopic (exact) mass is 569 g/mol. The topological polar surface area (TPSA) is 86.8 Å². The van der Waals surface area contributed by atoms with Gasteiger partial charge in [0, 0.05) is 22.1 Å². The van der Waals surface area contributed by atoms with Gasteiger partial charge in [0.05, 0.1) is 11.9 Å². The Kier molecular flexibility index (Phi) is 9.01. The van der Waals surface area contributed by atoms with Crippen molar-refractivity contribution >= 4 is 55.1 Å². The van der Waals surface area contributed by atoms with Crippen LogP contribution in [0.5, 0.6) is 0 Å². The second-order valence-electron chi connectivity index (χ2n) is 8.54. The molecule has 0 aliphatic heterocycles. The quantitative estimate of drug-likeness (QED) is 0.486. The molecule has 0 bridgehead atoms. The zero-order valence-electron chi connectivity index (χ0n) is 19.2. The maximum absolute atomic E-state index is 13.5. The highest BCUT2D eigenvalue weighted by Gasteiger charge is 2.31. The molecule has 0 saturated heterocycles. The minimum atomic E-state index is -3.78. The molecule has 0 heterocycles. The lowest BCUT2D eigenvalue weighted by molar-refractivity contribution is -0.139. The van der Waals surface area contributed by atoms with Gasteiger partial charge in [-0.3, -0.25) is 13.9 Å². The molecule has 1 atom stereocenters. The van der Waals surface area contributed by atoms with Gasteiger partial charge in [0.25, 0.3) is 0 Å². The molecule has 3 rings (SSSR count). The van der Waals surface area contributed by atoms with Gasteiger partial charge in [-0.1, -0.05) is 48.7 Å². The number of nitrogens with one attached hydrogen (secondary N) is 1. The van der Waals surface area contributed by atoms with Crippen molar-refractivity contribution in [3.05, 3.63) is 63.6 Å². The molecular weight excluding hydrogens is 542 g/mol. The fraction of sp³-hybridized carbons (Fsp3) is 0.417. The zero-order chi connectivity index (χ0) is 24.9. The second kappa shape index (κ2) is 11.6. The van der Waals surface area contributed by atoms with Crippen molar-refractivity contribution in [1.29, 1.82) is 0 Å². The third kappa shape index (κ3) is 6.96. The Bertz CT molecular complexity index is 1140. The molecule has 34 heavy (non-hydrogen) atoms. The number of rotatable bonds is 9. The second-order valence-corrected chi connectivity index (χ2v) is 11.7. The van der Waals surface area contributed by atoms with Crippen molar-refractivity contribution in [2.75, 3.05) is 17.1 Å². The van der Waals surface area contributed by atoms with Gasteiger partial charge in [-0.15, -0.1) is 0 Å². The van der Waals surface area contributed by atoms with Crippen LogP contribution in [0.25, 0.3) is 0 Å². The summed E-state index contributed by atoms with van der Waals surface area (Å²) in [5, 5.41) is 3.55. The van der Waals surface area contributed by atoms with E-state index in [4.69, 9.17) is 11.6 Å². The number of halogens is 2. The molecular formula is C24H29BrClN3O4S. The van der Waals surface area contributed by atoms with Crippen LogP contribution in [-0.2, 0) is 26.2 Å². The van der Waals surface area contributed by atoms with Crippen molar-refractivity contribution in [2.45, 2.75) is 51.2 Å². The molecule has 1 N–H and O–H groups in total. The van der Waals surface area contributed by atoms with Gasteiger partial charge in [0.15, 0.2) is 0 Å². The molecule has 1 aliphatic carbocycles. The minimum absolute atomic E-state index is 0.103. The molecule has 2 aromatic carbocycles. The molecule has 184 valence electrons. The van der Waals surface area contributed by atoms with Crippen molar-refractivity contribution in [3.8, 4) is 0 Å². The molecule has 0 unspecified atom stereocenters. The first kappa shape index (κ1) is 26.5. The number of nitrogens with zero attached hydrogens (tertiary/aromatic N) is 2. The van der Waals surface area contributed by atoms with E-state index in [9.17, 15) is 18.0 Å². The van der Waals surface area contributed by atoms with Crippen LogP contribution in [0.1, 0.15) is 38.2 Å². The van der Waals surface area contributed by atoms with E-state index in [1.807, 2.05) is 6.07 Å². The Morgan fingerprint density at radius 2 is 1.82 bits per heavy atom. The fourth-order valence-corrected chi connectivity index (χ4v) is 5.75. The summed E-state index contributed by atoms with van der Waals surface area (Å²) in [4.78, 5) is 28.0. The average molecular weight is 571 g/mol. The van der Waals surface area contributed by atoms with E-state index in [0.717, 1.165) is 41.8 Å². The van der Waals surface area contributed by atoms with Crippen LogP contribution in [0.15, 0.2) is 53.0 Å². The number of sulfonamides is 1. The van der Waals surface area contributed by atoms with Crippen molar-refractivity contribution < 1.29 is 18.0 Å². The molecule has 2 amide bonds. The molecule has 1 fully saturated rings. The smallest absolute Gasteiger partial charge is 0.244 e. The first-order valence-electron chi connectivity index (χ1n) is 11.1. The Balaban J connectivity index is 1.89. The number of hydrogen-bond acceptors (Lipinski definition) is 4. The van der Waals surface area contributed by atoms with E-state index in [-0.39, 0.29) is 18.5 Å². The van der Waals surface area contributed by atoms with Crippen molar-refractivity contribution in [1.82, 2.24) is 10.2 Å². The number of amides is 2. The molecule has 7 nitrogen and oxygen atoms in total. The Morgan fingerprint density at radius 3 is 2.44 bits per heavy atom. The lowest BCUT2D eigenvalue weighted by atomic mass is 10.1. The lowest BCUT2D eigenvalue weighted by Crippen LogP contribution is -2.52. The Hall–Kier alpha value is -2.10. The summed E-state index contributed by atoms with van der Waals surface area (Å²) >= 11 is 9.50. The molecule has 2 aromatic rings. The molecule has 0 radical (unpaired) electrons. The van der Waals surface area contributed by atoms with E-state index < -0.39 is 28.5 Å². The van der Waals surface area contributed by atoms with Gasteiger partial charge >= 0.3 is 0 Å². The first-order chi connectivity index (χ1) is 16.1. The highest BCUT2D eigenvalue weighted by atomic mass is 79.9. The van der Waals surface area contributed by atoms with Crippen LogP contribution in [0, 0.1) is 0 Å². The maximum atomic E-state index is 13.5. The SMILES string of the molecule is C[C@@H](C(=O)NC1CCCC1)N(Cc1cccc(Cl)c1)C(=O)CN(c1ccccc1Br)S(C)(=O)=O. The van der Waals surface area contributed by atoms with Gasteiger partial charge in [-0.25, -0.2) is 8.42 Å². The number of para-hydroxylation sites is 1. The van der Waals surface area contributed by atoms with E-state index in [0.29, 0.717) is 15.2 Å². The standard InChI is InChI=1S/C24H29BrClN3O4S/c1-17(24(31)27-20-10-3-4-11-20)28(15-18-8-7-9-19(26)14-18)23(30)16-29(34(2,32)33)22-13-6-5-12-21(22)25/h5-9,12-14,17,20H,3-4,10-11,15-16H2,1-2H3,(H,27,31)/t17-/m0/s1. The highest BCUT2D eigenvalue weighted by Crippen LogP contribution is 2.28. The van der Waals surface area contributed by atoms with Gasteiger partial charge in [-0.05, 0) is 65.5 Å². The average Bonchev–Trinajstić information content (AvgIpc) is 3.28. The first-order valence-corrected chi connectivity index (χ1v) is 14.1. The van der Waals surface area contributed by atoms with E-state index >= 15 is 0 Å². The van der Waals surface area contributed by atoms with Gasteiger partial charge in [-0.2, -0.15) is 0 Å². The van der Waals surface area contributed by atoms with Crippen molar-refractivity contribution in [3.63, 3.8) is 0 Å². The number of hydrogen-bond donors (Lipinski definition) is 1. The van der Waals surface area contributed by atoms with Gasteiger partial charge in [0.2, 0.25) is 21.8 Å². The predicted molar refractivity (Wildman–Crippen MR) is 138 cm³/mol. The van der Waals surface area contributed by atoms with Crippen LogP contribution in [-0.4, -0.2) is 50.0 Å². The summed E-state index contributed by atoms with van der Waals surface area (Å²) in [5.74, 6) is -0.746. The zero-order valence-corrected chi connectivity index (χ0v) is 22.4. The summed E-state index contributed by atoms with van der Waals surface area (Å²) in [6, 6.07) is 13.1. The van der Waals surface area contributed by atoms with Crippen LogP contribution in [0.3, 0.4) is 0 Å². The Morgan fingerprint density at radius 1 is 1.15 bits per heavy atom.